The summed E-state index contributed by atoms with van der Waals surface area (Å²) in [5.41, 5.74) is 1.33. The van der Waals surface area contributed by atoms with Gasteiger partial charge in [-0.2, -0.15) is 0 Å². The molecule has 0 unspecified atom stereocenters. The zero-order valence-corrected chi connectivity index (χ0v) is 11.4. The van der Waals surface area contributed by atoms with E-state index in [1.54, 1.807) is 6.07 Å². The van der Waals surface area contributed by atoms with Crippen LogP contribution in [0, 0.1) is 0 Å². The minimum atomic E-state index is -0.222. The molecule has 0 aliphatic heterocycles. The predicted octanol–water partition coefficient (Wildman–Crippen LogP) is 1.96. The molecule has 0 atom stereocenters. The molecule has 1 aromatic carbocycles. The fourth-order valence-electron chi connectivity index (χ4n) is 1.93. The highest BCUT2D eigenvalue weighted by molar-refractivity contribution is 5.56. The minimum Gasteiger partial charge on any atom is -0.480 e. The Morgan fingerprint density at radius 1 is 1.19 bits per heavy atom. The normalized spacial score (nSPS) is 10.5. The molecule has 0 radical (unpaired) electrons. The molecule has 3 aromatic rings. The molecule has 0 aliphatic rings. The van der Waals surface area contributed by atoms with Gasteiger partial charge >= 0.3 is 0 Å². The maximum Gasteiger partial charge on any atom is 0.267 e. The third-order valence-electron chi connectivity index (χ3n) is 2.98. The van der Waals surface area contributed by atoms with E-state index < -0.39 is 0 Å². The van der Waals surface area contributed by atoms with Crippen LogP contribution in [0.3, 0.4) is 0 Å². The zero-order valence-electron chi connectivity index (χ0n) is 11.4. The molecule has 106 valence electrons. The number of rotatable bonds is 4. The molecule has 0 fully saturated rings. The second kappa shape index (κ2) is 5.62. The summed E-state index contributed by atoms with van der Waals surface area (Å²) in [5, 5.41) is 8.04. The first kappa shape index (κ1) is 13.1. The number of benzene rings is 1. The lowest BCUT2D eigenvalue weighted by atomic mass is 10.2. The Morgan fingerprint density at radius 2 is 2.00 bits per heavy atom. The van der Waals surface area contributed by atoms with Gasteiger partial charge in [-0.15, -0.1) is 5.10 Å². The van der Waals surface area contributed by atoms with Gasteiger partial charge in [-0.25, -0.2) is 4.68 Å². The van der Waals surface area contributed by atoms with Crippen LogP contribution in [-0.2, 0) is 6.54 Å². The summed E-state index contributed by atoms with van der Waals surface area (Å²) in [7, 11) is 1.50. The van der Waals surface area contributed by atoms with Crippen molar-refractivity contribution in [3.8, 4) is 17.2 Å². The molecule has 0 N–H and O–H groups in total. The summed E-state index contributed by atoms with van der Waals surface area (Å²) < 4.78 is 11.6. The Kier molecular flexibility index (Phi) is 3.51. The lowest BCUT2D eigenvalue weighted by Crippen LogP contribution is -2.22. The number of methoxy groups -OCH3 is 1. The van der Waals surface area contributed by atoms with Gasteiger partial charge in [0.2, 0.25) is 5.88 Å². The number of nitrogens with zero attached hydrogens (tertiary/aromatic N) is 3. The first-order chi connectivity index (χ1) is 10.3. The second-order valence-electron chi connectivity index (χ2n) is 4.42. The van der Waals surface area contributed by atoms with Gasteiger partial charge in [-0.3, -0.25) is 4.79 Å². The second-order valence-corrected chi connectivity index (χ2v) is 4.42. The fraction of sp³-hybridized carbons (Fsp3) is 0.133. The van der Waals surface area contributed by atoms with Crippen molar-refractivity contribution < 1.29 is 9.26 Å². The zero-order chi connectivity index (χ0) is 14.7. The third-order valence-corrected chi connectivity index (χ3v) is 2.98. The summed E-state index contributed by atoms with van der Waals surface area (Å²) in [6, 6.07) is 14.4. The van der Waals surface area contributed by atoms with Gasteiger partial charge < -0.3 is 9.26 Å². The predicted molar refractivity (Wildman–Crippen MR) is 76.1 cm³/mol. The molecule has 2 heterocycles. The van der Waals surface area contributed by atoms with E-state index in [-0.39, 0.29) is 12.1 Å². The van der Waals surface area contributed by atoms with Crippen molar-refractivity contribution >= 4 is 0 Å². The smallest absolute Gasteiger partial charge is 0.267 e. The average molecular weight is 283 g/mol. The number of aromatic nitrogens is 3. The van der Waals surface area contributed by atoms with Crippen LogP contribution in [0.25, 0.3) is 11.3 Å². The lowest BCUT2D eigenvalue weighted by molar-refractivity contribution is 0.375. The molecule has 21 heavy (non-hydrogen) atoms. The van der Waals surface area contributed by atoms with Crippen molar-refractivity contribution in [2.45, 2.75) is 6.54 Å². The first-order valence-electron chi connectivity index (χ1n) is 6.39. The van der Waals surface area contributed by atoms with Gasteiger partial charge in [0.1, 0.15) is 5.69 Å². The molecule has 0 spiro atoms. The van der Waals surface area contributed by atoms with Crippen LogP contribution in [0.1, 0.15) is 5.69 Å². The molecule has 0 saturated carbocycles. The summed E-state index contributed by atoms with van der Waals surface area (Å²) in [5.74, 6) is 1.03. The molecule has 0 bridgehead atoms. The summed E-state index contributed by atoms with van der Waals surface area (Å²) >= 11 is 0. The summed E-state index contributed by atoms with van der Waals surface area (Å²) in [6.07, 6.45) is 0. The Morgan fingerprint density at radius 3 is 2.76 bits per heavy atom. The van der Waals surface area contributed by atoms with Crippen molar-refractivity contribution in [2.24, 2.45) is 0 Å². The molecular weight excluding hydrogens is 270 g/mol. The molecule has 0 amide bonds. The summed E-state index contributed by atoms with van der Waals surface area (Å²) in [6.45, 7) is 0.229. The van der Waals surface area contributed by atoms with Crippen LogP contribution in [0.15, 0.2) is 57.8 Å². The van der Waals surface area contributed by atoms with E-state index in [0.29, 0.717) is 17.3 Å². The van der Waals surface area contributed by atoms with E-state index in [1.807, 2.05) is 30.3 Å². The average Bonchev–Trinajstić information content (AvgIpc) is 2.99. The van der Waals surface area contributed by atoms with Crippen LogP contribution in [0.4, 0.5) is 0 Å². The highest BCUT2D eigenvalue weighted by Crippen LogP contribution is 2.19. The van der Waals surface area contributed by atoms with Crippen LogP contribution >= 0.6 is 0 Å². The van der Waals surface area contributed by atoms with Crippen LogP contribution in [-0.4, -0.2) is 22.0 Å². The van der Waals surface area contributed by atoms with Gasteiger partial charge in [0.15, 0.2) is 5.76 Å². The van der Waals surface area contributed by atoms with E-state index >= 15 is 0 Å². The van der Waals surface area contributed by atoms with Crippen molar-refractivity contribution in [1.29, 1.82) is 0 Å². The SMILES string of the molecule is COc1ccc(=O)n(Cc2cc(-c3ccccc3)on2)n1. The molecule has 2 aromatic heterocycles. The Labute approximate surface area is 120 Å². The third kappa shape index (κ3) is 2.84. The van der Waals surface area contributed by atoms with Gasteiger partial charge in [-0.1, -0.05) is 35.5 Å². The van der Waals surface area contributed by atoms with E-state index in [2.05, 4.69) is 10.3 Å². The molecule has 0 aliphatic carbocycles. The molecular formula is C15H13N3O3. The van der Waals surface area contributed by atoms with Crippen molar-refractivity contribution in [3.63, 3.8) is 0 Å². The van der Waals surface area contributed by atoms with E-state index in [9.17, 15) is 4.79 Å². The molecule has 6 heteroatoms. The quantitative estimate of drug-likeness (QED) is 0.732. The Bertz CT molecular complexity index is 793. The van der Waals surface area contributed by atoms with Gasteiger partial charge in [-0.05, 0) is 0 Å². The van der Waals surface area contributed by atoms with Gasteiger partial charge in [0.05, 0.1) is 13.7 Å². The fourth-order valence-corrected chi connectivity index (χ4v) is 1.93. The lowest BCUT2D eigenvalue weighted by Gasteiger charge is -2.03. The number of hydrogen-bond acceptors (Lipinski definition) is 5. The number of ether oxygens (including phenoxy) is 1. The highest BCUT2D eigenvalue weighted by Gasteiger charge is 2.09. The highest BCUT2D eigenvalue weighted by atomic mass is 16.5. The van der Waals surface area contributed by atoms with Crippen molar-refractivity contribution in [3.05, 3.63) is 64.6 Å². The number of hydrogen-bond donors (Lipinski definition) is 0. The summed E-state index contributed by atoms with van der Waals surface area (Å²) in [4.78, 5) is 11.8. The first-order valence-corrected chi connectivity index (χ1v) is 6.39. The van der Waals surface area contributed by atoms with E-state index in [4.69, 9.17) is 9.26 Å². The Hall–Kier alpha value is -2.89. The van der Waals surface area contributed by atoms with E-state index in [0.717, 1.165) is 5.56 Å². The van der Waals surface area contributed by atoms with Crippen molar-refractivity contribution in [2.75, 3.05) is 7.11 Å². The molecule has 3 rings (SSSR count). The largest absolute Gasteiger partial charge is 0.480 e. The van der Waals surface area contributed by atoms with Crippen LogP contribution < -0.4 is 10.3 Å². The van der Waals surface area contributed by atoms with Gasteiger partial charge in [0, 0.05) is 23.8 Å². The maximum absolute atomic E-state index is 11.8. The minimum absolute atomic E-state index is 0.222. The standard InChI is InChI=1S/C15H13N3O3/c1-20-14-7-8-15(19)18(16-14)10-12-9-13(21-17-12)11-5-3-2-4-6-11/h2-9H,10H2,1H3. The van der Waals surface area contributed by atoms with Crippen LogP contribution in [0.5, 0.6) is 5.88 Å². The van der Waals surface area contributed by atoms with Crippen LogP contribution in [0.2, 0.25) is 0 Å². The molecule has 0 saturated heterocycles. The van der Waals surface area contributed by atoms with Gasteiger partial charge in [0.25, 0.3) is 5.56 Å². The monoisotopic (exact) mass is 283 g/mol. The topological polar surface area (TPSA) is 70.2 Å². The van der Waals surface area contributed by atoms with Crippen molar-refractivity contribution in [1.82, 2.24) is 14.9 Å². The van der Waals surface area contributed by atoms with E-state index in [1.165, 1.54) is 23.9 Å². The maximum atomic E-state index is 11.8. The Balaban J connectivity index is 1.87. The molecule has 6 nitrogen and oxygen atoms in total.